The quantitative estimate of drug-likeness (QED) is 0.136. The number of para-hydroxylation sites is 5. The van der Waals surface area contributed by atoms with Crippen LogP contribution in [0.25, 0.3) is 55.0 Å². The molecular formula is C46H46N2. The van der Waals surface area contributed by atoms with Crippen molar-refractivity contribution in [2.24, 2.45) is 0 Å². The summed E-state index contributed by atoms with van der Waals surface area (Å²) in [7, 11) is 0. The minimum Gasteiger partial charge on any atom is -0.309 e. The lowest BCUT2D eigenvalue weighted by Gasteiger charge is -2.07. The molecule has 8 aromatic rings. The molecule has 0 N–H and O–H groups in total. The minimum atomic E-state index is 1.21. The van der Waals surface area contributed by atoms with E-state index >= 15 is 0 Å². The van der Waals surface area contributed by atoms with Crippen molar-refractivity contribution in [2.75, 3.05) is 0 Å². The Labute approximate surface area is 286 Å². The third-order valence-electron chi connectivity index (χ3n) is 7.60. The van der Waals surface area contributed by atoms with Crippen LogP contribution in [-0.4, -0.2) is 9.13 Å². The average molecular weight is 627 g/mol. The maximum Gasteiger partial charge on any atom is 0.0541 e. The van der Waals surface area contributed by atoms with Gasteiger partial charge in [0.1, 0.15) is 0 Å². The molecule has 2 nitrogen and oxygen atoms in total. The van der Waals surface area contributed by atoms with E-state index in [1.54, 1.807) is 18.2 Å². The van der Waals surface area contributed by atoms with Crippen LogP contribution < -0.4 is 0 Å². The highest BCUT2D eigenvalue weighted by Gasteiger charge is 2.12. The largest absolute Gasteiger partial charge is 0.309 e. The molecule has 8 rings (SSSR count). The average Bonchev–Trinajstić information content (AvgIpc) is 3.66. The fourth-order valence-electron chi connectivity index (χ4n) is 5.72. The van der Waals surface area contributed by atoms with Crippen LogP contribution in [0.3, 0.4) is 0 Å². The summed E-state index contributed by atoms with van der Waals surface area (Å²) >= 11 is 0. The lowest BCUT2D eigenvalue weighted by atomic mass is 10.1. The number of aryl methyl sites for hydroxylation is 1. The van der Waals surface area contributed by atoms with Crippen LogP contribution in [0.4, 0.5) is 0 Å². The van der Waals surface area contributed by atoms with E-state index in [4.69, 9.17) is 0 Å². The highest BCUT2D eigenvalue weighted by Crippen LogP contribution is 2.33. The summed E-state index contributed by atoms with van der Waals surface area (Å²) in [5.74, 6) is 0. The zero-order chi connectivity index (χ0) is 34.3. The Morgan fingerprint density at radius 1 is 0.417 bits per heavy atom. The Balaban J connectivity index is 0.000000175. The molecule has 6 aromatic carbocycles. The Kier molecular flexibility index (Phi) is 12.9. The molecule has 2 aromatic heterocycles. The first-order valence-electron chi connectivity index (χ1n) is 16.5. The highest BCUT2D eigenvalue weighted by molar-refractivity contribution is 6.10. The second kappa shape index (κ2) is 17.7. The third kappa shape index (κ3) is 7.74. The first-order chi connectivity index (χ1) is 23.6. The summed E-state index contributed by atoms with van der Waals surface area (Å²) in [4.78, 5) is 0. The third-order valence-corrected chi connectivity index (χ3v) is 7.60. The van der Waals surface area contributed by atoms with Gasteiger partial charge in [0.05, 0.1) is 22.1 Å². The van der Waals surface area contributed by atoms with Crippen molar-refractivity contribution in [3.05, 3.63) is 195 Å². The van der Waals surface area contributed by atoms with Crippen molar-refractivity contribution in [2.45, 2.75) is 27.7 Å². The van der Waals surface area contributed by atoms with Crippen molar-refractivity contribution >= 4 is 43.6 Å². The van der Waals surface area contributed by atoms with Gasteiger partial charge in [-0.25, -0.2) is 0 Å². The maximum absolute atomic E-state index is 3.36. The monoisotopic (exact) mass is 626 g/mol. The number of hydrogen-bond acceptors (Lipinski definition) is 0. The molecule has 0 aliphatic carbocycles. The van der Waals surface area contributed by atoms with Gasteiger partial charge in [-0.05, 0) is 68.4 Å². The molecule has 0 bridgehead atoms. The van der Waals surface area contributed by atoms with Crippen molar-refractivity contribution in [1.82, 2.24) is 9.13 Å². The molecule has 0 spiro atoms. The van der Waals surface area contributed by atoms with Gasteiger partial charge in [0.15, 0.2) is 0 Å². The molecule has 2 heterocycles. The minimum absolute atomic E-state index is 1.21. The van der Waals surface area contributed by atoms with E-state index in [0.717, 1.165) is 0 Å². The number of benzene rings is 6. The molecule has 0 unspecified atom stereocenters. The fraction of sp³-hybridized carbons (Fsp3) is 0.0870. The number of aromatic nitrogens is 2. The number of hydrogen-bond donors (Lipinski definition) is 0. The van der Waals surface area contributed by atoms with Crippen LogP contribution in [0.15, 0.2) is 190 Å². The first-order valence-corrected chi connectivity index (χ1v) is 16.5. The van der Waals surface area contributed by atoms with Gasteiger partial charge in [0.25, 0.3) is 0 Å². The SMILES string of the molecule is C=CC.C=CC=C.CC.Cc1ccc2c(c1)c1ccccc1n2-c1ccccc1.c1ccc(-n2c3ccccc3c3ccccc32)cc1. The molecule has 0 radical (unpaired) electrons. The molecule has 0 saturated heterocycles. The topological polar surface area (TPSA) is 9.86 Å². The summed E-state index contributed by atoms with van der Waals surface area (Å²) in [5, 5.41) is 5.25. The van der Waals surface area contributed by atoms with Crippen LogP contribution >= 0.6 is 0 Å². The standard InChI is InChI=1S/C19H15N.C18H13N.C4H6.C3H6.C2H6/c1-14-11-12-19-17(13-14)16-9-5-6-10-18(16)20(19)15-7-3-2-4-8-15;1-2-8-14(9-3-1)19-17-12-6-4-10-15(17)16-11-5-7-13-18(16)19;1-3-4-2;1-3-2;1-2/h2-13H,1H3;1-13H;3-4H,1-2H2;3H,1H2,2H3;1-2H3. The molecule has 0 fully saturated rings. The smallest absolute Gasteiger partial charge is 0.0541 e. The molecule has 2 heteroatoms. The Morgan fingerprint density at radius 3 is 1.10 bits per heavy atom. The van der Waals surface area contributed by atoms with Gasteiger partial charge in [-0.1, -0.05) is 148 Å². The lowest BCUT2D eigenvalue weighted by Crippen LogP contribution is -1.92. The lowest BCUT2D eigenvalue weighted by molar-refractivity contribution is 1.18. The number of nitrogens with zero attached hydrogens (tertiary/aromatic N) is 2. The van der Waals surface area contributed by atoms with E-state index in [1.165, 1.54) is 60.5 Å². The van der Waals surface area contributed by atoms with Crippen molar-refractivity contribution in [3.63, 3.8) is 0 Å². The van der Waals surface area contributed by atoms with Gasteiger partial charge in [-0.3, -0.25) is 0 Å². The summed E-state index contributed by atoms with van der Waals surface area (Å²) in [6, 6.07) is 53.5. The van der Waals surface area contributed by atoms with Crippen LogP contribution in [-0.2, 0) is 0 Å². The Bertz CT molecular complexity index is 2150. The van der Waals surface area contributed by atoms with E-state index in [1.807, 2.05) is 20.8 Å². The van der Waals surface area contributed by atoms with E-state index in [2.05, 4.69) is 187 Å². The van der Waals surface area contributed by atoms with Crippen LogP contribution in [0, 0.1) is 6.92 Å². The molecule has 240 valence electrons. The maximum atomic E-state index is 3.36. The van der Waals surface area contributed by atoms with Crippen molar-refractivity contribution in [3.8, 4) is 11.4 Å². The zero-order valence-corrected chi connectivity index (χ0v) is 28.7. The van der Waals surface area contributed by atoms with Gasteiger partial charge in [0.2, 0.25) is 0 Å². The number of allylic oxidation sites excluding steroid dienone is 3. The molecule has 0 atom stereocenters. The van der Waals surface area contributed by atoms with Crippen LogP contribution in [0.5, 0.6) is 0 Å². The van der Waals surface area contributed by atoms with Crippen molar-refractivity contribution < 1.29 is 0 Å². The predicted octanol–water partition coefficient (Wildman–Crippen LogP) is 13.5. The zero-order valence-electron chi connectivity index (χ0n) is 28.7. The van der Waals surface area contributed by atoms with Gasteiger partial charge in [0, 0.05) is 32.9 Å². The molecule has 0 aliphatic heterocycles. The Morgan fingerprint density at radius 2 is 0.729 bits per heavy atom. The number of fused-ring (bicyclic) bond motifs is 6. The van der Waals surface area contributed by atoms with Gasteiger partial charge in [-0.2, -0.15) is 0 Å². The second-order valence-corrected chi connectivity index (χ2v) is 10.8. The van der Waals surface area contributed by atoms with E-state index in [0.29, 0.717) is 0 Å². The van der Waals surface area contributed by atoms with E-state index in [9.17, 15) is 0 Å². The summed E-state index contributed by atoms with van der Waals surface area (Å²) in [5.41, 5.74) is 8.77. The summed E-state index contributed by atoms with van der Waals surface area (Å²) in [6.45, 7) is 18.1. The molecule has 0 amide bonds. The van der Waals surface area contributed by atoms with Crippen LogP contribution in [0.2, 0.25) is 0 Å². The molecule has 0 aliphatic rings. The summed E-state index contributed by atoms with van der Waals surface area (Å²) in [6.07, 6.45) is 5.03. The second-order valence-electron chi connectivity index (χ2n) is 10.8. The summed E-state index contributed by atoms with van der Waals surface area (Å²) < 4.78 is 4.66. The Hall–Kier alpha value is -5.86. The van der Waals surface area contributed by atoms with Crippen LogP contribution in [0.1, 0.15) is 26.3 Å². The molecule has 48 heavy (non-hydrogen) atoms. The highest BCUT2D eigenvalue weighted by atomic mass is 15.0. The molecular weight excluding hydrogens is 581 g/mol. The van der Waals surface area contributed by atoms with E-state index in [-0.39, 0.29) is 0 Å². The van der Waals surface area contributed by atoms with Gasteiger partial charge in [-0.15, -0.1) is 6.58 Å². The first kappa shape index (κ1) is 35.0. The van der Waals surface area contributed by atoms with E-state index < -0.39 is 0 Å². The predicted molar refractivity (Wildman–Crippen MR) is 214 cm³/mol. The number of rotatable bonds is 3. The molecule has 0 saturated carbocycles. The van der Waals surface area contributed by atoms with Gasteiger partial charge < -0.3 is 9.13 Å². The van der Waals surface area contributed by atoms with Gasteiger partial charge >= 0.3 is 0 Å². The normalized spacial score (nSPS) is 9.92. The van der Waals surface area contributed by atoms with Crippen molar-refractivity contribution in [1.29, 1.82) is 0 Å². The fourth-order valence-corrected chi connectivity index (χ4v) is 5.72.